The number of aromatic nitrogens is 3. The number of fused-ring (bicyclic) bond motifs is 5. The third kappa shape index (κ3) is 3.07. The molecule has 0 radical (unpaired) electrons. The minimum absolute atomic E-state index is 0.0240. The van der Waals surface area contributed by atoms with Gasteiger partial charge < -0.3 is 5.32 Å². The van der Waals surface area contributed by atoms with E-state index in [1.165, 1.54) is 23.9 Å². The molecule has 0 aliphatic heterocycles. The average Bonchev–Trinajstić information content (AvgIpc) is 3.01. The highest BCUT2D eigenvalue weighted by atomic mass is 32.2. The van der Waals surface area contributed by atoms with Gasteiger partial charge in [-0.3, -0.25) is 14.9 Å². The van der Waals surface area contributed by atoms with Crippen molar-refractivity contribution in [3.8, 4) is 0 Å². The molecule has 1 heterocycles. The summed E-state index contributed by atoms with van der Waals surface area (Å²) in [5.74, 6) is 0.120. The van der Waals surface area contributed by atoms with Crippen LogP contribution < -0.4 is 5.32 Å². The second-order valence-corrected chi connectivity index (χ2v) is 10.3. The minimum atomic E-state index is -0.483. The number of nitrogens with one attached hydrogen (secondary N) is 1. The number of amides is 1. The van der Waals surface area contributed by atoms with Gasteiger partial charge in [0.05, 0.1) is 27.2 Å². The van der Waals surface area contributed by atoms with Gasteiger partial charge in [0.1, 0.15) is 0 Å². The van der Waals surface area contributed by atoms with Crippen LogP contribution in [0, 0.1) is 22.5 Å². The Morgan fingerprint density at radius 1 is 1.33 bits per heavy atom. The zero-order valence-electron chi connectivity index (χ0n) is 17.7. The smallest absolute Gasteiger partial charge is 0.271 e. The Hall–Kier alpha value is -2.55. The molecule has 30 heavy (non-hydrogen) atoms. The van der Waals surface area contributed by atoms with E-state index < -0.39 is 10.2 Å². The maximum Gasteiger partial charge on any atom is 0.271 e. The predicted molar refractivity (Wildman–Crippen MR) is 115 cm³/mol. The first-order chi connectivity index (χ1) is 14.0. The lowest BCUT2D eigenvalue weighted by atomic mass is 9.70. The maximum atomic E-state index is 12.7. The standard InChI is InChI=1S/C21H25N5O3S/c1-11-6-7-13(26(28)29)10-15(11)22-18(27)12(2)30-19-23-17-16(24-25-19)14-8-9-21(17,5)20(14,3)4/h6-7,10,12,14H,8-9H2,1-5H3,(H,22,27)/t12-,14-,21-/m1/s1. The van der Waals surface area contributed by atoms with E-state index in [2.05, 4.69) is 36.3 Å². The minimum Gasteiger partial charge on any atom is -0.325 e. The number of rotatable bonds is 5. The number of nitro benzene ring substituents is 1. The van der Waals surface area contributed by atoms with Crippen LogP contribution in [0.4, 0.5) is 11.4 Å². The lowest BCUT2D eigenvalue weighted by Gasteiger charge is -2.34. The number of carbonyl (C=O) groups is 1. The van der Waals surface area contributed by atoms with Gasteiger partial charge in [-0.15, -0.1) is 5.10 Å². The highest BCUT2D eigenvalue weighted by molar-refractivity contribution is 8.00. The van der Waals surface area contributed by atoms with Crippen molar-refractivity contribution in [3.05, 3.63) is 45.3 Å². The fourth-order valence-electron chi connectivity index (χ4n) is 4.72. The van der Waals surface area contributed by atoms with Gasteiger partial charge in [0, 0.05) is 23.5 Å². The second kappa shape index (κ2) is 7.01. The fraction of sp³-hybridized carbons (Fsp3) is 0.524. The van der Waals surface area contributed by atoms with Crippen molar-refractivity contribution in [3.63, 3.8) is 0 Å². The van der Waals surface area contributed by atoms with Crippen molar-refractivity contribution >= 4 is 29.0 Å². The highest BCUT2D eigenvalue weighted by Crippen LogP contribution is 2.66. The van der Waals surface area contributed by atoms with Crippen molar-refractivity contribution < 1.29 is 9.72 Å². The summed E-state index contributed by atoms with van der Waals surface area (Å²) in [5, 5.41) is 22.6. The zero-order valence-corrected chi connectivity index (χ0v) is 18.5. The van der Waals surface area contributed by atoms with Crippen LogP contribution in [0.25, 0.3) is 0 Å². The molecule has 2 bridgehead atoms. The molecule has 0 unspecified atom stereocenters. The number of hydrogen-bond acceptors (Lipinski definition) is 7. The van der Waals surface area contributed by atoms with E-state index in [1.807, 2.05) is 0 Å². The third-order valence-electron chi connectivity index (χ3n) is 7.11. The van der Waals surface area contributed by atoms with E-state index in [4.69, 9.17) is 4.98 Å². The number of hydrogen-bond donors (Lipinski definition) is 1. The van der Waals surface area contributed by atoms with E-state index in [0.29, 0.717) is 16.8 Å². The van der Waals surface area contributed by atoms with Crippen LogP contribution >= 0.6 is 11.8 Å². The summed E-state index contributed by atoms with van der Waals surface area (Å²) >= 11 is 1.25. The number of nitrogens with zero attached hydrogens (tertiary/aromatic N) is 4. The van der Waals surface area contributed by atoms with Gasteiger partial charge in [-0.25, -0.2) is 4.98 Å². The lowest BCUT2D eigenvalue weighted by Crippen LogP contribution is -2.32. The fourth-order valence-corrected chi connectivity index (χ4v) is 5.43. The van der Waals surface area contributed by atoms with Crippen LogP contribution in [0.3, 0.4) is 0 Å². The first kappa shape index (κ1) is 20.7. The molecule has 9 heteroatoms. The quantitative estimate of drug-likeness (QED) is 0.428. The van der Waals surface area contributed by atoms with Gasteiger partial charge in [-0.05, 0) is 37.7 Å². The van der Waals surface area contributed by atoms with E-state index in [1.54, 1.807) is 19.9 Å². The monoisotopic (exact) mass is 427 g/mol. The molecule has 4 rings (SSSR count). The van der Waals surface area contributed by atoms with Crippen LogP contribution in [-0.4, -0.2) is 31.3 Å². The molecule has 1 fully saturated rings. The number of thioether (sulfide) groups is 1. The molecule has 0 saturated heterocycles. The van der Waals surface area contributed by atoms with Crippen molar-refractivity contribution in [1.29, 1.82) is 0 Å². The average molecular weight is 428 g/mol. The SMILES string of the molecule is Cc1ccc([N+](=O)[O-])cc1NC(=O)[C@@H](C)Sc1nnc2c(n1)[C@@]1(C)CC[C@H]2C1(C)C. The Kier molecular flexibility index (Phi) is 4.84. The van der Waals surface area contributed by atoms with Crippen molar-refractivity contribution in [1.82, 2.24) is 15.2 Å². The second-order valence-electron chi connectivity index (χ2n) is 8.98. The molecule has 0 spiro atoms. The number of anilines is 1. The summed E-state index contributed by atoms with van der Waals surface area (Å²) in [6.07, 6.45) is 2.20. The Balaban J connectivity index is 1.51. The van der Waals surface area contributed by atoms with Crippen LogP contribution in [-0.2, 0) is 10.2 Å². The van der Waals surface area contributed by atoms with Crippen molar-refractivity contribution in [2.45, 2.75) is 69.2 Å². The lowest BCUT2D eigenvalue weighted by molar-refractivity contribution is -0.384. The van der Waals surface area contributed by atoms with Crippen LogP contribution in [0.1, 0.15) is 63.4 Å². The van der Waals surface area contributed by atoms with Crippen LogP contribution in [0.5, 0.6) is 0 Å². The summed E-state index contributed by atoms with van der Waals surface area (Å²) in [7, 11) is 0. The van der Waals surface area contributed by atoms with E-state index in [0.717, 1.165) is 29.8 Å². The Morgan fingerprint density at radius 3 is 2.77 bits per heavy atom. The van der Waals surface area contributed by atoms with Gasteiger partial charge in [-0.1, -0.05) is 38.6 Å². The zero-order chi connectivity index (χ0) is 21.8. The summed E-state index contributed by atoms with van der Waals surface area (Å²) in [5.41, 5.74) is 3.22. The molecule has 2 aliphatic carbocycles. The predicted octanol–water partition coefficient (Wildman–Crippen LogP) is 4.38. The van der Waals surface area contributed by atoms with E-state index in [-0.39, 0.29) is 22.4 Å². The Morgan fingerprint density at radius 2 is 2.07 bits per heavy atom. The molecule has 1 N–H and O–H groups in total. The van der Waals surface area contributed by atoms with E-state index in [9.17, 15) is 14.9 Å². The van der Waals surface area contributed by atoms with Crippen LogP contribution in [0.2, 0.25) is 0 Å². The Bertz CT molecular complexity index is 1060. The molecular weight excluding hydrogens is 402 g/mol. The molecule has 158 valence electrons. The van der Waals surface area contributed by atoms with Gasteiger partial charge in [0.25, 0.3) is 5.69 Å². The largest absolute Gasteiger partial charge is 0.325 e. The third-order valence-corrected chi connectivity index (χ3v) is 8.06. The number of non-ortho nitro benzene ring substituents is 1. The normalized spacial score (nSPS) is 24.4. The topological polar surface area (TPSA) is 111 Å². The number of aryl methyl sites for hydroxylation is 1. The molecular formula is C21H25N5O3S. The summed E-state index contributed by atoms with van der Waals surface area (Å²) < 4.78 is 0. The van der Waals surface area contributed by atoms with Gasteiger partial charge in [0.15, 0.2) is 0 Å². The molecule has 1 aromatic heterocycles. The van der Waals surface area contributed by atoms with Crippen molar-refractivity contribution in [2.75, 3.05) is 5.32 Å². The summed E-state index contributed by atoms with van der Waals surface area (Å²) in [6.45, 7) is 10.4. The molecule has 2 aromatic rings. The van der Waals surface area contributed by atoms with Gasteiger partial charge >= 0.3 is 0 Å². The van der Waals surface area contributed by atoms with Gasteiger partial charge in [-0.2, -0.15) is 5.10 Å². The number of nitro groups is 1. The number of carbonyl (C=O) groups excluding carboxylic acids is 1. The molecule has 1 amide bonds. The van der Waals surface area contributed by atoms with Gasteiger partial charge in [0.2, 0.25) is 11.1 Å². The first-order valence-electron chi connectivity index (χ1n) is 10.0. The Labute approximate surface area is 179 Å². The maximum absolute atomic E-state index is 12.7. The molecule has 8 nitrogen and oxygen atoms in total. The van der Waals surface area contributed by atoms with E-state index >= 15 is 0 Å². The summed E-state index contributed by atoms with van der Waals surface area (Å²) in [6, 6.07) is 4.41. The number of benzene rings is 1. The molecule has 3 atom stereocenters. The summed E-state index contributed by atoms with van der Waals surface area (Å²) in [4.78, 5) is 28.0. The van der Waals surface area contributed by atoms with Crippen molar-refractivity contribution in [2.24, 2.45) is 5.41 Å². The molecule has 1 aromatic carbocycles. The molecule has 1 saturated carbocycles. The molecule has 2 aliphatic rings. The first-order valence-corrected chi connectivity index (χ1v) is 10.9. The highest BCUT2D eigenvalue weighted by Gasteiger charge is 2.61. The van der Waals surface area contributed by atoms with Crippen LogP contribution in [0.15, 0.2) is 23.4 Å².